The van der Waals surface area contributed by atoms with Gasteiger partial charge in [-0.05, 0) is 32.9 Å². The molecule has 2 aromatic rings. The first-order valence-corrected chi connectivity index (χ1v) is 8.39. The number of aromatic nitrogens is 1. The van der Waals surface area contributed by atoms with Crippen LogP contribution in [-0.2, 0) is 6.54 Å². The zero-order valence-electron chi connectivity index (χ0n) is 13.6. The highest BCUT2D eigenvalue weighted by Gasteiger charge is 2.15. The Morgan fingerprint density at radius 1 is 1.27 bits per heavy atom. The molecular formula is C17H24N2O2S. The Balaban J connectivity index is 2.17. The third kappa shape index (κ3) is 4.29. The first-order chi connectivity index (χ1) is 10.5. The van der Waals surface area contributed by atoms with Crippen molar-refractivity contribution in [3.05, 3.63) is 35.3 Å². The van der Waals surface area contributed by atoms with Crippen LogP contribution in [0.1, 0.15) is 26.5 Å². The van der Waals surface area contributed by atoms with Crippen molar-refractivity contribution in [2.24, 2.45) is 0 Å². The fourth-order valence-corrected chi connectivity index (χ4v) is 3.17. The summed E-state index contributed by atoms with van der Waals surface area (Å²) in [6.07, 6.45) is -0.338. The van der Waals surface area contributed by atoms with Crippen LogP contribution in [0.4, 0.5) is 0 Å². The Labute approximate surface area is 136 Å². The van der Waals surface area contributed by atoms with Crippen molar-refractivity contribution in [1.29, 1.82) is 0 Å². The quantitative estimate of drug-likeness (QED) is 0.849. The number of aliphatic hydroxyl groups is 1. The molecule has 0 saturated carbocycles. The second kappa shape index (κ2) is 7.72. The van der Waals surface area contributed by atoms with E-state index in [2.05, 4.69) is 24.1 Å². The van der Waals surface area contributed by atoms with E-state index in [1.165, 1.54) is 0 Å². The summed E-state index contributed by atoms with van der Waals surface area (Å²) in [6.45, 7) is 7.48. The Morgan fingerprint density at radius 2 is 2.00 bits per heavy atom. The number of benzene rings is 1. The SMILES string of the molecule is COc1ccccc1-c1nc(CN(CC(C)O)C(C)C)cs1. The predicted octanol–water partition coefficient (Wildman–Crippen LogP) is 3.41. The van der Waals surface area contributed by atoms with Gasteiger partial charge in [-0.3, -0.25) is 4.90 Å². The average Bonchev–Trinajstić information content (AvgIpc) is 2.94. The summed E-state index contributed by atoms with van der Waals surface area (Å²) < 4.78 is 5.40. The first-order valence-electron chi connectivity index (χ1n) is 7.51. The van der Waals surface area contributed by atoms with Crippen molar-refractivity contribution in [2.75, 3.05) is 13.7 Å². The third-order valence-electron chi connectivity index (χ3n) is 3.48. The molecule has 0 bridgehead atoms. The maximum Gasteiger partial charge on any atom is 0.129 e. The number of thiazole rings is 1. The molecule has 1 N–H and O–H groups in total. The molecule has 0 radical (unpaired) electrons. The number of para-hydroxylation sites is 1. The minimum absolute atomic E-state index is 0.338. The Kier molecular flexibility index (Phi) is 5.94. The molecule has 0 aliphatic rings. The molecular weight excluding hydrogens is 296 g/mol. The van der Waals surface area contributed by atoms with Gasteiger partial charge in [0.25, 0.3) is 0 Å². The van der Waals surface area contributed by atoms with E-state index in [0.717, 1.165) is 28.6 Å². The highest BCUT2D eigenvalue weighted by molar-refractivity contribution is 7.13. The van der Waals surface area contributed by atoms with E-state index >= 15 is 0 Å². The maximum absolute atomic E-state index is 9.63. The van der Waals surface area contributed by atoms with Crippen LogP contribution in [0.2, 0.25) is 0 Å². The third-order valence-corrected chi connectivity index (χ3v) is 4.41. The lowest BCUT2D eigenvalue weighted by Crippen LogP contribution is -2.36. The largest absolute Gasteiger partial charge is 0.496 e. The molecule has 1 heterocycles. The Bertz CT molecular complexity index is 596. The number of methoxy groups -OCH3 is 1. The van der Waals surface area contributed by atoms with Gasteiger partial charge in [0, 0.05) is 24.5 Å². The maximum atomic E-state index is 9.63. The summed E-state index contributed by atoms with van der Waals surface area (Å²) in [5, 5.41) is 12.7. The van der Waals surface area contributed by atoms with E-state index in [4.69, 9.17) is 9.72 Å². The second-order valence-electron chi connectivity index (χ2n) is 5.72. The highest BCUT2D eigenvalue weighted by Crippen LogP contribution is 2.32. The van der Waals surface area contributed by atoms with Crippen LogP contribution in [0.15, 0.2) is 29.6 Å². The fraction of sp³-hybridized carbons (Fsp3) is 0.471. The van der Waals surface area contributed by atoms with E-state index in [9.17, 15) is 5.11 Å². The molecule has 120 valence electrons. The van der Waals surface area contributed by atoms with Gasteiger partial charge in [0.05, 0.1) is 24.5 Å². The van der Waals surface area contributed by atoms with Crippen molar-refractivity contribution in [2.45, 2.75) is 39.5 Å². The van der Waals surface area contributed by atoms with Crippen molar-refractivity contribution in [3.8, 4) is 16.3 Å². The molecule has 0 aliphatic heterocycles. The van der Waals surface area contributed by atoms with Crippen LogP contribution in [-0.4, -0.2) is 40.8 Å². The summed E-state index contributed by atoms with van der Waals surface area (Å²) in [6, 6.07) is 8.29. The standard InChI is InChI=1S/C17H24N2O2S/c1-12(2)19(9-13(3)20)10-14-11-22-17(18-14)15-7-5-6-8-16(15)21-4/h5-8,11-13,20H,9-10H2,1-4H3. The van der Waals surface area contributed by atoms with Crippen LogP contribution in [0.3, 0.4) is 0 Å². The van der Waals surface area contributed by atoms with Crippen LogP contribution in [0.25, 0.3) is 10.6 Å². The lowest BCUT2D eigenvalue weighted by atomic mass is 10.2. The molecule has 5 heteroatoms. The van der Waals surface area contributed by atoms with E-state index in [1.54, 1.807) is 18.4 Å². The lowest BCUT2D eigenvalue weighted by Gasteiger charge is -2.26. The topological polar surface area (TPSA) is 45.6 Å². The van der Waals surface area contributed by atoms with Crippen LogP contribution >= 0.6 is 11.3 Å². The molecule has 0 saturated heterocycles. The molecule has 0 fully saturated rings. The van der Waals surface area contributed by atoms with Gasteiger partial charge in [-0.2, -0.15) is 0 Å². The predicted molar refractivity (Wildman–Crippen MR) is 91.3 cm³/mol. The first kappa shape index (κ1) is 16.9. The van der Waals surface area contributed by atoms with Crippen LogP contribution in [0.5, 0.6) is 5.75 Å². The zero-order valence-corrected chi connectivity index (χ0v) is 14.4. The van der Waals surface area contributed by atoms with Crippen molar-refractivity contribution >= 4 is 11.3 Å². The molecule has 22 heavy (non-hydrogen) atoms. The van der Waals surface area contributed by atoms with Gasteiger partial charge in [-0.15, -0.1) is 11.3 Å². The van der Waals surface area contributed by atoms with Crippen LogP contribution in [0, 0.1) is 0 Å². The number of hydrogen-bond donors (Lipinski definition) is 1. The number of nitrogens with zero attached hydrogens (tertiary/aromatic N) is 2. The van der Waals surface area contributed by atoms with E-state index in [1.807, 2.05) is 31.2 Å². The van der Waals surface area contributed by atoms with E-state index in [0.29, 0.717) is 12.6 Å². The average molecular weight is 320 g/mol. The summed E-state index contributed by atoms with van der Waals surface area (Å²) >= 11 is 1.62. The van der Waals surface area contributed by atoms with Crippen LogP contribution < -0.4 is 4.74 Å². The number of hydrogen-bond acceptors (Lipinski definition) is 5. The molecule has 1 unspecified atom stereocenters. The highest BCUT2D eigenvalue weighted by atomic mass is 32.1. The van der Waals surface area contributed by atoms with Gasteiger partial charge in [-0.25, -0.2) is 4.98 Å². The van der Waals surface area contributed by atoms with Gasteiger partial charge in [-0.1, -0.05) is 12.1 Å². The Morgan fingerprint density at radius 3 is 2.64 bits per heavy atom. The normalized spacial score (nSPS) is 12.9. The zero-order chi connectivity index (χ0) is 16.1. The summed E-state index contributed by atoms with van der Waals surface area (Å²) in [4.78, 5) is 6.96. The van der Waals surface area contributed by atoms with Gasteiger partial charge in [0.1, 0.15) is 10.8 Å². The smallest absolute Gasteiger partial charge is 0.129 e. The monoisotopic (exact) mass is 320 g/mol. The molecule has 0 spiro atoms. The lowest BCUT2D eigenvalue weighted by molar-refractivity contribution is 0.102. The molecule has 1 atom stereocenters. The van der Waals surface area contributed by atoms with Gasteiger partial charge in [0.2, 0.25) is 0 Å². The molecule has 1 aromatic heterocycles. The molecule has 0 aliphatic carbocycles. The number of ether oxygens (including phenoxy) is 1. The second-order valence-corrected chi connectivity index (χ2v) is 6.57. The number of aliphatic hydroxyl groups excluding tert-OH is 1. The Hall–Kier alpha value is -1.43. The fourth-order valence-electron chi connectivity index (χ4n) is 2.33. The van der Waals surface area contributed by atoms with Crippen molar-refractivity contribution in [3.63, 3.8) is 0 Å². The molecule has 1 aromatic carbocycles. The summed E-state index contributed by atoms with van der Waals surface area (Å²) in [5.41, 5.74) is 2.05. The summed E-state index contributed by atoms with van der Waals surface area (Å²) in [5.74, 6) is 0.841. The van der Waals surface area contributed by atoms with Gasteiger partial charge in [0.15, 0.2) is 0 Å². The van der Waals surface area contributed by atoms with E-state index in [-0.39, 0.29) is 6.10 Å². The minimum Gasteiger partial charge on any atom is -0.496 e. The summed E-state index contributed by atoms with van der Waals surface area (Å²) in [7, 11) is 1.68. The van der Waals surface area contributed by atoms with Gasteiger partial charge < -0.3 is 9.84 Å². The molecule has 0 amide bonds. The minimum atomic E-state index is -0.338. The van der Waals surface area contributed by atoms with E-state index < -0.39 is 0 Å². The van der Waals surface area contributed by atoms with Gasteiger partial charge >= 0.3 is 0 Å². The van der Waals surface area contributed by atoms with Crippen molar-refractivity contribution in [1.82, 2.24) is 9.88 Å². The number of rotatable bonds is 7. The molecule has 4 nitrogen and oxygen atoms in total. The van der Waals surface area contributed by atoms with Crippen molar-refractivity contribution < 1.29 is 9.84 Å². The molecule has 2 rings (SSSR count).